The van der Waals surface area contributed by atoms with E-state index in [1.165, 1.54) is 0 Å². The first-order chi connectivity index (χ1) is 10.2. The van der Waals surface area contributed by atoms with Crippen LogP contribution in [-0.4, -0.2) is 23.6 Å². The molecule has 2 rings (SSSR count). The van der Waals surface area contributed by atoms with Gasteiger partial charge in [0.25, 0.3) is 0 Å². The van der Waals surface area contributed by atoms with Gasteiger partial charge >= 0.3 is 5.97 Å². The van der Waals surface area contributed by atoms with Gasteiger partial charge in [-0.2, -0.15) is 0 Å². The Hall–Kier alpha value is -1.20. The van der Waals surface area contributed by atoms with Gasteiger partial charge in [0.05, 0.1) is 12.0 Å². The van der Waals surface area contributed by atoms with Gasteiger partial charge in [-0.05, 0) is 19.1 Å². The minimum atomic E-state index is -0.495. The molecule has 122 valence electrons. The molecule has 1 fully saturated rings. The number of anilines is 1. The van der Waals surface area contributed by atoms with E-state index in [0.717, 1.165) is 10.6 Å². The number of nitrogen functional groups attached to an aromatic ring is 1. The predicted octanol–water partition coefficient (Wildman–Crippen LogP) is 3.70. The first-order valence-corrected chi connectivity index (χ1v) is 8.45. The van der Waals surface area contributed by atoms with E-state index in [2.05, 4.69) is 0 Å². The molecule has 0 amide bonds. The number of carbonyl (C=O) groups excluding carboxylic acids is 1. The van der Waals surface area contributed by atoms with Crippen LogP contribution >= 0.6 is 11.8 Å². The van der Waals surface area contributed by atoms with Crippen molar-refractivity contribution in [3.8, 4) is 0 Å². The summed E-state index contributed by atoms with van der Waals surface area (Å²) < 4.78 is 11.5. The zero-order chi connectivity index (χ0) is 16.5. The molecule has 22 heavy (non-hydrogen) atoms. The molecule has 1 aromatic carbocycles. The van der Waals surface area contributed by atoms with E-state index in [4.69, 9.17) is 15.2 Å². The Bertz CT molecular complexity index is 541. The van der Waals surface area contributed by atoms with Gasteiger partial charge < -0.3 is 15.2 Å². The smallest absolute Gasteiger partial charge is 0.315 e. The van der Waals surface area contributed by atoms with Gasteiger partial charge in [-0.15, -0.1) is 11.8 Å². The largest absolute Gasteiger partial charge is 0.435 e. The van der Waals surface area contributed by atoms with Crippen molar-refractivity contribution in [2.24, 2.45) is 11.3 Å². The molecule has 0 aliphatic carbocycles. The van der Waals surface area contributed by atoms with Gasteiger partial charge in [0.2, 0.25) is 6.29 Å². The van der Waals surface area contributed by atoms with E-state index in [1.807, 2.05) is 58.9 Å². The topological polar surface area (TPSA) is 61.5 Å². The van der Waals surface area contributed by atoms with Crippen LogP contribution in [0.3, 0.4) is 0 Å². The van der Waals surface area contributed by atoms with Gasteiger partial charge in [-0.1, -0.05) is 39.8 Å². The van der Waals surface area contributed by atoms with Crippen molar-refractivity contribution in [1.82, 2.24) is 0 Å². The molecule has 0 spiro atoms. The summed E-state index contributed by atoms with van der Waals surface area (Å²) in [5.74, 6) is -0.489. The highest BCUT2D eigenvalue weighted by atomic mass is 32.2. The van der Waals surface area contributed by atoms with Crippen LogP contribution in [0.25, 0.3) is 0 Å². The van der Waals surface area contributed by atoms with Crippen LogP contribution < -0.4 is 5.73 Å². The highest BCUT2D eigenvalue weighted by Crippen LogP contribution is 2.38. The molecule has 1 aromatic rings. The molecule has 2 N–H and O–H groups in total. The zero-order valence-corrected chi connectivity index (χ0v) is 14.6. The molecular formula is C17H25NO3S. The Kier molecular flexibility index (Phi) is 5.07. The number of carbonyl (C=O) groups is 1. The number of benzene rings is 1. The standard InChI is InChI=1S/C17H25NO3S/c1-10-14(15(19)21-16(20-10)17(3,4)5)11(2)22-13-9-7-6-8-12(13)18/h6-11,14,16H,18H2,1-5H3/t10-,11-,14?,16-/m1/s1. The van der Waals surface area contributed by atoms with E-state index < -0.39 is 6.29 Å². The summed E-state index contributed by atoms with van der Waals surface area (Å²) >= 11 is 1.59. The van der Waals surface area contributed by atoms with Gasteiger partial charge in [0.15, 0.2) is 0 Å². The second kappa shape index (κ2) is 6.50. The number of nitrogens with two attached hydrogens (primary N) is 1. The van der Waals surface area contributed by atoms with E-state index in [-0.39, 0.29) is 28.7 Å². The van der Waals surface area contributed by atoms with Crippen LogP contribution in [0.4, 0.5) is 5.69 Å². The number of hydrogen-bond donors (Lipinski definition) is 1. The van der Waals surface area contributed by atoms with Crippen molar-refractivity contribution < 1.29 is 14.3 Å². The van der Waals surface area contributed by atoms with Crippen LogP contribution in [0, 0.1) is 11.3 Å². The molecule has 0 saturated carbocycles. The molecule has 0 bridgehead atoms. The summed E-state index contributed by atoms with van der Waals surface area (Å²) in [6.45, 7) is 9.96. The molecule has 0 aromatic heterocycles. The Labute approximate surface area is 136 Å². The van der Waals surface area contributed by atoms with Crippen molar-refractivity contribution in [1.29, 1.82) is 0 Å². The zero-order valence-electron chi connectivity index (χ0n) is 13.8. The van der Waals surface area contributed by atoms with Crippen LogP contribution in [0.5, 0.6) is 0 Å². The Balaban J connectivity index is 2.09. The third-order valence-electron chi connectivity index (χ3n) is 3.78. The predicted molar refractivity (Wildman–Crippen MR) is 89.5 cm³/mol. The van der Waals surface area contributed by atoms with Gasteiger partial charge in [0, 0.05) is 21.2 Å². The fraction of sp³-hybridized carbons (Fsp3) is 0.588. The summed E-state index contributed by atoms with van der Waals surface area (Å²) in [6, 6.07) is 7.68. The molecule has 4 nitrogen and oxygen atoms in total. The normalized spacial score (nSPS) is 27.3. The third kappa shape index (κ3) is 3.76. The average molecular weight is 323 g/mol. The van der Waals surface area contributed by atoms with Crippen LogP contribution in [-0.2, 0) is 14.3 Å². The van der Waals surface area contributed by atoms with Crippen molar-refractivity contribution in [3.05, 3.63) is 24.3 Å². The first kappa shape index (κ1) is 17.2. The van der Waals surface area contributed by atoms with E-state index in [1.54, 1.807) is 11.8 Å². The monoisotopic (exact) mass is 323 g/mol. The Morgan fingerprint density at radius 3 is 2.45 bits per heavy atom. The molecule has 0 radical (unpaired) electrons. The van der Waals surface area contributed by atoms with Gasteiger partial charge in [-0.25, -0.2) is 0 Å². The molecule has 1 aliphatic heterocycles. The maximum atomic E-state index is 12.4. The van der Waals surface area contributed by atoms with Crippen LogP contribution in [0.1, 0.15) is 34.6 Å². The van der Waals surface area contributed by atoms with Crippen molar-refractivity contribution in [2.75, 3.05) is 5.73 Å². The Morgan fingerprint density at radius 2 is 1.91 bits per heavy atom. The Morgan fingerprint density at radius 1 is 1.27 bits per heavy atom. The lowest BCUT2D eigenvalue weighted by Gasteiger charge is -2.41. The number of thioether (sulfide) groups is 1. The maximum Gasteiger partial charge on any atom is 0.315 e. The fourth-order valence-electron chi connectivity index (χ4n) is 2.50. The number of para-hydroxylation sites is 1. The molecular weight excluding hydrogens is 298 g/mol. The summed E-state index contributed by atoms with van der Waals surface area (Å²) in [6.07, 6.45) is -0.678. The second-order valence-electron chi connectivity index (χ2n) is 6.86. The van der Waals surface area contributed by atoms with Crippen molar-refractivity contribution in [3.63, 3.8) is 0 Å². The molecule has 1 unspecified atom stereocenters. The average Bonchev–Trinajstić information content (AvgIpc) is 2.39. The lowest BCUT2D eigenvalue weighted by Crippen LogP contribution is -2.50. The number of rotatable bonds is 3. The SMILES string of the molecule is C[C@H]1O[C@@H](C(C)(C)C)OC(=O)C1[C@@H](C)Sc1ccccc1N. The van der Waals surface area contributed by atoms with Gasteiger partial charge in [-0.3, -0.25) is 4.79 Å². The highest BCUT2D eigenvalue weighted by molar-refractivity contribution is 8.00. The highest BCUT2D eigenvalue weighted by Gasteiger charge is 2.44. The van der Waals surface area contributed by atoms with E-state index in [9.17, 15) is 4.79 Å². The van der Waals surface area contributed by atoms with Crippen molar-refractivity contribution >= 4 is 23.4 Å². The maximum absolute atomic E-state index is 12.4. The number of cyclic esters (lactones) is 1. The fourth-order valence-corrected chi connectivity index (χ4v) is 3.74. The quantitative estimate of drug-likeness (QED) is 0.522. The lowest BCUT2D eigenvalue weighted by molar-refractivity contribution is -0.253. The van der Waals surface area contributed by atoms with Crippen molar-refractivity contribution in [2.45, 2.75) is 57.2 Å². The van der Waals surface area contributed by atoms with Crippen LogP contribution in [0.15, 0.2) is 29.2 Å². The minimum absolute atomic E-state index is 0.0214. The molecule has 4 atom stereocenters. The van der Waals surface area contributed by atoms with E-state index in [0.29, 0.717) is 0 Å². The molecule has 1 aliphatic rings. The molecule has 5 heteroatoms. The van der Waals surface area contributed by atoms with E-state index >= 15 is 0 Å². The summed E-state index contributed by atoms with van der Waals surface area (Å²) in [5, 5.41) is 0.0214. The lowest BCUT2D eigenvalue weighted by atomic mass is 9.92. The molecule has 1 heterocycles. The number of hydrogen-bond acceptors (Lipinski definition) is 5. The number of ether oxygens (including phenoxy) is 2. The summed E-state index contributed by atoms with van der Waals surface area (Å²) in [7, 11) is 0. The second-order valence-corrected chi connectivity index (χ2v) is 8.28. The minimum Gasteiger partial charge on any atom is -0.435 e. The van der Waals surface area contributed by atoms with Gasteiger partial charge in [0.1, 0.15) is 0 Å². The summed E-state index contributed by atoms with van der Waals surface area (Å²) in [5.41, 5.74) is 6.48. The first-order valence-electron chi connectivity index (χ1n) is 7.57. The summed E-state index contributed by atoms with van der Waals surface area (Å²) in [4.78, 5) is 13.4. The third-order valence-corrected chi connectivity index (χ3v) is 5.07. The number of esters is 1. The van der Waals surface area contributed by atoms with Crippen LogP contribution in [0.2, 0.25) is 0 Å². The molecule has 1 saturated heterocycles.